The highest BCUT2D eigenvalue weighted by atomic mass is 19.4. The van der Waals surface area contributed by atoms with Crippen LogP contribution >= 0.6 is 0 Å². The van der Waals surface area contributed by atoms with Crippen LogP contribution in [0, 0.1) is 0 Å². The molecule has 0 radical (unpaired) electrons. The van der Waals surface area contributed by atoms with Gasteiger partial charge in [-0.2, -0.15) is 13.2 Å². The number of rotatable bonds is 2. The number of aryl methyl sites for hydroxylation is 1. The van der Waals surface area contributed by atoms with Gasteiger partial charge in [0.05, 0.1) is 0 Å². The van der Waals surface area contributed by atoms with E-state index in [1.54, 1.807) is 18.2 Å². The van der Waals surface area contributed by atoms with Crippen molar-refractivity contribution in [3.8, 4) is 0 Å². The third-order valence-electron chi connectivity index (χ3n) is 3.43. The lowest BCUT2D eigenvalue weighted by Gasteiger charge is -2.28. The summed E-state index contributed by atoms with van der Waals surface area (Å²) in [5.41, 5.74) is -2.01. The molecule has 2 aromatic rings. The van der Waals surface area contributed by atoms with Gasteiger partial charge in [-0.1, -0.05) is 43.3 Å². The minimum atomic E-state index is -4.70. The Morgan fingerprint density at radius 3 is 2.37 bits per heavy atom. The summed E-state index contributed by atoms with van der Waals surface area (Å²) in [6, 6.07) is 9.98. The van der Waals surface area contributed by atoms with Crippen LogP contribution in [0.4, 0.5) is 13.2 Å². The molecule has 0 aliphatic rings. The summed E-state index contributed by atoms with van der Waals surface area (Å²) < 4.78 is 38.9. The highest BCUT2D eigenvalue weighted by molar-refractivity contribution is 5.87. The lowest BCUT2D eigenvalue weighted by Crippen LogP contribution is -2.39. The van der Waals surface area contributed by atoms with Gasteiger partial charge in [-0.15, -0.1) is 0 Å². The molecule has 1 unspecified atom stereocenters. The summed E-state index contributed by atoms with van der Waals surface area (Å²) in [4.78, 5) is 0. The third kappa shape index (κ3) is 2.32. The van der Waals surface area contributed by atoms with Crippen LogP contribution in [0.25, 0.3) is 10.8 Å². The van der Waals surface area contributed by atoms with E-state index in [9.17, 15) is 18.3 Å². The van der Waals surface area contributed by atoms with E-state index in [0.717, 1.165) is 18.9 Å². The van der Waals surface area contributed by atoms with Crippen LogP contribution in [-0.4, -0.2) is 11.3 Å². The van der Waals surface area contributed by atoms with E-state index in [1.807, 2.05) is 13.0 Å². The van der Waals surface area contributed by atoms with Crippen molar-refractivity contribution in [2.75, 3.05) is 0 Å². The molecule has 0 aliphatic heterocycles. The Labute approximate surface area is 109 Å². The van der Waals surface area contributed by atoms with Crippen LogP contribution in [0.15, 0.2) is 36.4 Å². The molecular formula is C15H15F3O. The first-order valence-corrected chi connectivity index (χ1v) is 6.08. The number of aliphatic hydroxyl groups is 1. The fourth-order valence-corrected chi connectivity index (χ4v) is 2.12. The highest BCUT2D eigenvalue weighted by Gasteiger charge is 2.51. The van der Waals surface area contributed by atoms with Gasteiger partial charge in [-0.05, 0) is 29.7 Å². The second kappa shape index (κ2) is 4.53. The van der Waals surface area contributed by atoms with Gasteiger partial charge in [-0.3, -0.25) is 0 Å². The lowest BCUT2D eigenvalue weighted by atomic mass is 9.89. The maximum Gasteiger partial charge on any atom is 0.421 e. The average Bonchev–Trinajstić information content (AvgIpc) is 2.35. The quantitative estimate of drug-likeness (QED) is 0.866. The second-order valence-corrected chi connectivity index (χ2v) is 4.78. The monoisotopic (exact) mass is 268 g/mol. The fraction of sp³-hybridized carbons (Fsp3) is 0.333. The van der Waals surface area contributed by atoms with Crippen LogP contribution in [0.2, 0.25) is 0 Å². The van der Waals surface area contributed by atoms with Gasteiger partial charge in [0, 0.05) is 5.56 Å². The van der Waals surface area contributed by atoms with Crippen molar-refractivity contribution in [2.24, 2.45) is 0 Å². The summed E-state index contributed by atoms with van der Waals surface area (Å²) in [6.45, 7) is 2.73. The van der Waals surface area contributed by atoms with Crippen molar-refractivity contribution in [3.63, 3.8) is 0 Å². The first-order chi connectivity index (χ1) is 8.77. The molecule has 0 spiro atoms. The maximum absolute atomic E-state index is 13.0. The first kappa shape index (κ1) is 13.9. The molecule has 0 aliphatic carbocycles. The van der Waals surface area contributed by atoms with Crippen molar-refractivity contribution in [2.45, 2.75) is 32.0 Å². The van der Waals surface area contributed by atoms with Crippen molar-refractivity contribution >= 4 is 10.8 Å². The predicted octanol–water partition coefficient (Wildman–Crippen LogP) is 4.17. The van der Waals surface area contributed by atoms with E-state index in [1.165, 1.54) is 12.1 Å². The SMILES string of the molecule is CCc1ccc2cccc(C(C)(O)C(F)(F)F)c2c1. The van der Waals surface area contributed by atoms with E-state index in [4.69, 9.17) is 0 Å². The van der Waals surface area contributed by atoms with Crippen molar-refractivity contribution in [1.29, 1.82) is 0 Å². The zero-order valence-corrected chi connectivity index (χ0v) is 10.8. The molecule has 0 heterocycles. The smallest absolute Gasteiger partial charge is 0.376 e. The molecule has 1 N–H and O–H groups in total. The van der Waals surface area contributed by atoms with Crippen molar-refractivity contribution in [3.05, 3.63) is 47.5 Å². The number of alkyl halides is 3. The summed E-state index contributed by atoms with van der Waals surface area (Å²) in [6.07, 6.45) is -3.97. The van der Waals surface area contributed by atoms with E-state index in [2.05, 4.69) is 0 Å². The summed E-state index contributed by atoms with van der Waals surface area (Å²) in [5, 5.41) is 11.0. The predicted molar refractivity (Wildman–Crippen MR) is 69.0 cm³/mol. The Morgan fingerprint density at radius 2 is 1.79 bits per heavy atom. The van der Waals surface area contributed by atoms with Crippen LogP contribution < -0.4 is 0 Å². The zero-order valence-electron chi connectivity index (χ0n) is 10.8. The molecule has 19 heavy (non-hydrogen) atoms. The van der Waals surface area contributed by atoms with Gasteiger partial charge in [0.2, 0.25) is 0 Å². The Balaban J connectivity index is 2.73. The van der Waals surface area contributed by atoms with Crippen LogP contribution in [0.3, 0.4) is 0 Å². The zero-order chi connectivity index (χ0) is 14.3. The molecule has 0 aromatic heterocycles. The molecule has 0 bridgehead atoms. The minimum absolute atomic E-state index is 0.104. The molecule has 4 heteroatoms. The van der Waals surface area contributed by atoms with Gasteiger partial charge >= 0.3 is 6.18 Å². The van der Waals surface area contributed by atoms with Crippen molar-refractivity contribution < 1.29 is 18.3 Å². The molecule has 0 amide bonds. The molecule has 2 rings (SSSR count). The molecule has 0 saturated carbocycles. The Kier molecular flexibility index (Phi) is 3.31. The minimum Gasteiger partial charge on any atom is -0.376 e. The third-order valence-corrected chi connectivity index (χ3v) is 3.43. The van der Waals surface area contributed by atoms with E-state index in [0.29, 0.717) is 10.8 Å². The molecule has 102 valence electrons. The average molecular weight is 268 g/mol. The van der Waals surface area contributed by atoms with Crippen LogP contribution in [-0.2, 0) is 12.0 Å². The highest BCUT2D eigenvalue weighted by Crippen LogP contribution is 2.41. The Hall–Kier alpha value is -1.55. The van der Waals surface area contributed by atoms with E-state index in [-0.39, 0.29) is 5.56 Å². The number of hydrogen-bond acceptors (Lipinski definition) is 1. The number of fused-ring (bicyclic) bond motifs is 1. The molecule has 0 saturated heterocycles. The largest absolute Gasteiger partial charge is 0.421 e. The standard InChI is InChI=1S/C15H15F3O/c1-3-10-7-8-11-5-4-6-13(12(11)9-10)14(2,19)15(16,17)18/h4-9,19H,3H2,1-2H3. The molecule has 2 aromatic carbocycles. The molecule has 1 nitrogen and oxygen atoms in total. The Bertz CT molecular complexity index is 600. The van der Waals surface area contributed by atoms with Gasteiger partial charge < -0.3 is 5.11 Å². The van der Waals surface area contributed by atoms with Gasteiger partial charge in [0.25, 0.3) is 0 Å². The summed E-state index contributed by atoms with van der Waals surface area (Å²) in [7, 11) is 0. The van der Waals surface area contributed by atoms with E-state index < -0.39 is 11.8 Å². The van der Waals surface area contributed by atoms with E-state index >= 15 is 0 Å². The molecular weight excluding hydrogens is 253 g/mol. The number of hydrogen-bond donors (Lipinski definition) is 1. The normalized spacial score (nSPS) is 15.5. The Morgan fingerprint density at radius 1 is 1.11 bits per heavy atom. The molecule has 1 atom stereocenters. The van der Waals surface area contributed by atoms with Gasteiger partial charge in [0.15, 0.2) is 5.60 Å². The summed E-state index contributed by atoms with van der Waals surface area (Å²) in [5.74, 6) is 0. The maximum atomic E-state index is 13.0. The topological polar surface area (TPSA) is 20.2 Å². The number of benzene rings is 2. The van der Waals surface area contributed by atoms with Crippen LogP contribution in [0.1, 0.15) is 25.0 Å². The summed E-state index contributed by atoms with van der Waals surface area (Å²) >= 11 is 0. The fourth-order valence-electron chi connectivity index (χ4n) is 2.12. The molecule has 0 fully saturated rings. The van der Waals surface area contributed by atoms with Gasteiger partial charge in [0.1, 0.15) is 0 Å². The first-order valence-electron chi connectivity index (χ1n) is 6.08. The van der Waals surface area contributed by atoms with Crippen molar-refractivity contribution in [1.82, 2.24) is 0 Å². The van der Waals surface area contributed by atoms with Crippen LogP contribution in [0.5, 0.6) is 0 Å². The second-order valence-electron chi connectivity index (χ2n) is 4.78. The number of halogens is 3. The lowest BCUT2D eigenvalue weighted by molar-refractivity contribution is -0.258. The van der Waals surface area contributed by atoms with Gasteiger partial charge in [-0.25, -0.2) is 0 Å².